The summed E-state index contributed by atoms with van der Waals surface area (Å²) in [6, 6.07) is 8.23. The molecule has 0 aliphatic carbocycles. The zero-order chi connectivity index (χ0) is 18.6. The van der Waals surface area contributed by atoms with Crippen LogP contribution in [0.15, 0.2) is 47.5 Å². The summed E-state index contributed by atoms with van der Waals surface area (Å²) < 4.78 is 1.84. The summed E-state index contributed by atoms with van der Waals surface area (Å²) in [6.45, 7) is 2.87. The minimum absolute atomic E-state index is 0.179. The van der Waals surface area contributed by atoms with Crippen molar-refractivity contribution in [3.8, 4) is 11.3 Å². The normalized spacial score (nSPS) is 15.9. The first-order valence-corrected chi connectivity index (χ1v) is 10.3. The molecule has 0 spiro atoms. The fourth-order valence-corrected chi connectivity index (χ4v) is 4.33. The van der Waals surface area contributed by atoms with Crippen LogP contribution in [0.3, 0.4) is 0 Å². The van der Waals surface area contributed by atoms with E-state index < -0.39 is 0 Å². The Bertz CT molecular complexity index is 895. The third-order valence-corrected chi connectivity index (χ3v) is 5.83. The van der Waals surface area contributed by atoms with Gasteiger partial charge in [0.25, 0.3) is 0 Å². The number of benzene rings is 1. The monoisotopic (exact) mass is 380 g/mol. The molecule has 0 radical (unpaired) electrons. The molecule has 5 nitrogen and oxygen atoms in total. The lowest BCUT2D eigenvalue weighted by molar-refractivity contribution is -0.123. The number of piperidine rings is 1. The molecule has 3 heterocycles. The van der Waals surface area contributed by atoms with Crippen LogP contribution in [0, 0.1) is 5.92 Å². The van der Waals surface area contributed by atoms with E-state index in [1.54, 1.807) is 11.3 Å². The Morgan fingerprint density at radius 3 is 2.81 bits per heavy atom. The molecule has 4 rings (SSSR count). The van der Waals surface area contributed by atoms with E-state index >= 15 is 0 Å². The Morgan fingerprint density at radius 1 is 1.26 bits per heavy atom. The Hall–Kier alpha value is -2.31. The predicted molar refractivity (Wildman–Crippen MR) is 107 cm³/mol. The van der Waals surface area contributed by atoms with E-state index in [0.717, 1.165) is 49.3 Å². The fraction of sp³-hybridized carbons (Fsp3) is 0.381. The lowest BCUT2D eigenvalue weighted by atomic mass is 9.89. The first kappa shape index (κ1) is 18.1. The zero-order valence-corrected chi connectivity index (χ0v) is 16.4. The Balaban J connectivity index is 1.31. The van der Waals surface area contributed by atoms with Gasteiger partial charge in [-0.3, -0.25) is 14.4 Å². The third kappa shape index (κ3) is 4.51. The summed E-state index contributed by atoms with van der Waals surface area (Å²) >= 11 is 1.59. The highest BCUT2D eigenvalue weighted by Crippen LogP contribution is 2.24. The molecule has 0 unspecified atom stereocenters. The molecule has 0 bridgehead atoms. The number of likely N-dealkylation sites (tertiary alicyclic amines) is 1. The highest BCUT2D eigenvalue weighted by molar-refractivity contribution is 7.07. The average Bonchev–Trinajstić information content (AvgIpc) is 3.35. The zero-order valence-electron chi connectivity index (χ0n) is 15.5. The smallest absolute Gasteiger partial charge is 0.140 e. The molecule has 1 fully saturated rings. The molecule has 3 aromatic rings. The number of carbonyl (C=O) groups excluding carboxylic acids is 1. The molecular weight excluding hydrogens is 356 g/mol. The van der Waals surface area contributed by atoms with Crippen LogP contribution in [0.1, 0.15) is 24.0 Å². The van der Waals surface area contributed by atoms with E-state index in [9.17, 15) is 4.79 Å². The van der Waals surface area contributed by atoms with Crippen LogP contribution in [-0.2, 0) is 24.8 Å². The van der Waals surface area contributed by atoms with Gasteiger partial charge in [0.15, 0.2) is 0 Å². The van der Waals surface area contributed by atoms with Gasteiger partial charge in [0.2, 0.25) is 0 Å². The molecule has 27 heavy (non-hydrogen) atoms. The van der Waals surface area contributed by atoms with Crippen LogP contribution in [0.25, 0.3) is 11.3 Å². The number of Topliss-reactive ketones (excluding diaryl/α,β-unsaturated/α-hetero) is 1. The number of ketones is 1. The number of nitrogens with zero attached hydrogens (tertiary/aromatic N) is 4. The van der Waals surface area contributed by atoms with Crippen molar-refractivity contribution in [1.82, 2.24) is 19.7 Å². The maximum absolute atomic E-state index is 12.8. The van der Waals surface area contributed by atoms with Crippen molar-refractivity contribution >= 4 is 17.1 Å². The fourth-order valence-electron chi connectivity index (χ4n) is 3.77. The van der Waals surface area contributed by atoms with Gasteiger partial charge in [-0.2, -0.15) is 5.10 Å². The van der Waals surface area contributed by atoms with Gasteiger partial charge in [-0.05, 0) is 37.6 Å². The Labute approximate surface area is 163 Å². The third-order valence-electron chi connectivity index (χ3n) is 5.24. The SMILES string of the molecule is Cn1cc(CN2CCC(C(=O)Cc3cccc(-c4cscn4)c3)CC2)cn1. The molecule has 1 aliphatic rings. The summed E-state index contributed by atoms with van der Waals surface area (Å²) in [6.07, 6.45) is 6.40. The highest BCUT2D eigenvalue weighted by atomic mass is 32.1. The van der Waals surface area contributed by atoms with Crippen LogP contribution in [0.2, 0.25) is 0 Å². The van der Waals surface area contributed by atoms with Gasteiger partial charge in [-0.15, -0.1) is 11.3 Å². The molecule has 0 N–H and O–H groups in total. The van der Waals surface area contributed by atoms with E-state index in [-0.39, 0.29) is 5.92 Å². The average molecular weight is 381 g/mol. The van der Waals surface area contributed by atoms with Crippen molar-refractivity contribution in [2.75, 3.05) is 13.1 Å². The van der Waals surface area contributed by atoms with Crippen molar-refractivity contribution in [3.05, 3.63) is 58.7 Å². The van der Waals surface area contributed by atoms with E-state index in [1.807, 2.05) is 40.9 Å². The maximum atomic E-state index is 12.8. The van der Waals surface area contributed by atoms with E-state index in [2.05, 4.69) is 33.3 Å². The predicted octanol–water partition coefficient (Wildman–Crippen LogP) is 3.57. The topological polar surface area (TPSA) is 51.0 Å². The quantitative estimate of drug-likeness (QED) is 0.656. The molecule has 6 heteroatoms. The van der Waals surface area contributed by atoms with Crippen molar-refractivity contribution < 1.29 is 4.79 Å². The van der Waals surface area contributed by atoms with Gasteiger partial charge in [-0.25, -0.2) is 4.98 Å². The number of rotatable bonds is 6. The van der Waals surface area contributed by atoms with Crippen LogP contribution in [0.5, 0.6) is 0 Å². The largest absolute Gasteiger partial charge is 0.299 e. The molecule has 0 saturated carbocycles. The van der Waals surface area contributed by atoms with Crippen molar-refractivity contribution in [2.45, 2.75) is 25.8 Å². The lowest BCUT2D eigenvalue weighted by Gasteiger charge is -2.31. The summed E-state index contributed by atoms with van der Waals surface area (Å²) in [4.78, 5) is 19.6. The molecule has 0 atom stereocenters. The highest BCUT2D eigenvalue weighted by Gasteiger charge is 2.25. The van der Waals surface area contributed by atoms with Gasteiger partial charge in [0.05, 0.1) is 17.4 Å². The Kier molecular flexibility index (Phi) is 5.45. The van der Waals surface area contributed by atoms with Crippen molar-refractivity contribution in [2.24, 2.45) is 13.0 Å². The molecule has 1 aromatic carbocycles. The van der Waals surface area contributed by atoms with E-state index in [1.165, 1.54) is 5.56 Å². The Morgan fingerprint density at radius 2 is 2.11 bits per heavy atom. The van der Waals surface area contributed by atoms with Gasteiger partial charge in [0, 0.05) is 48.6 Å². The van der Waals surface area contributed by atoms with Gasteiger partial charge in [-0.1, -0.05) is 18.2 Å². The van der Waals surface area contributed by atoms with Crippen LogP contribution >= 0.6 is 11.3 Å². The number of aryl methyl sites for hydroxylation is 1. The van der Waals surface area contributed by atoms with Gasteiger partial charge < -0.3 is 0 Å². The van der Waals surface area contributed by atoms with Crippen molar-refractivity contribution in [1.29, 1.82) is 0 Å². The summed E-state index contributed by atoms with van der Waals surface area (Å²) in [5.41, 5.74) is 6.24. The summed E-state index contributed by atoms with van der Waals surface area (Å²) in [5.74, 6) is 0.546. The number of thiazole rings is 1. The number of carbonyl (C=O) groups is 1. The van der Waals surface area contributed by atoms with Gasteiger partial charge >= 0.3 is 0 Å². The molecule has 0 amide bonds. The van der Waals surface area contributed by atoms with Crippen LogP contribution in [0.4, 0.5) is 0 Å². The second-order valence-corrected chi connectivity index (χ2v) is 8.01. The minimum atomic E-state index is 0.179. The standard InChI is InChI=1S/C21H24N4OS/c1-24-12-17(11-23-24)13-25-7-5-18(6-8-25)21(26)10-16-3-2-4-19(9-16)20-14-27-15-22-20/h2-4,9,11-12,14-15,18H,5-8,10,13H2,1H3. The lowest BCUT2D eigenvalue weighted by Crippen LogP contribution is -2.36. The second-order valence-electron chi connectivity index (χ2n) is 7.29. The first-order valence-electron chi connectivity index (χ1n) is 9.37. The molecule has 140 valence electrons. The molecule has 2 aromatic heterocycles. The second kappa shape index (κ2) is 8.15. The van der Waals surface area contributed by atoms with Crippen molar-refractivity contribution in [3.63, 3.8) is 0 Å². The van der Waals surface area contributed by atoms with Crippen LogP contribution in [-0.4, -0.2) is 38.5 Å². The van der Waals surface area contributed by atoms with Crippen LogP contribution < -0.4 is 0 Å². The number of hydrogen-bond donors (Lipinski definition) is 0. The molecule has 1 aliphatic heterocycles. The molecule has 1 saturated heterocycles. The van der Waals surface area contributed by atoms with E-state index in [0.29, 0.717) is 12.2 Å². The number of hydrogen-bond acceptors (Lipinski definition) is 5. The molecular formula is C21H24N4OS. The minimum Gasteiger partial charge on any atom is -0.299 e. The first-order chi connectivity index (χ1) is 13.2. The van der Waals surface area contributed by atoms with Gasteiger partial charge in [0.1, 0.15) is 5.78 Å². The van der Waals surface area contributed by atoms with E-state index in [4.69, 9.17) is 0 Å². The summed E-state index contributed by atoms with van der Waals surface area (Å²) in [7, 11) is 1.94. The maximum Gasteiger partial charge on any atom is 0.140 e. The summed E-state index contributed by atoms with van der Waals surface area (Å²) in [5, 5.41) is 6.27. The number of aromatic nitrogens is 3.